The summed E-state index contributed by atoms with van der Waals surface area (Å²) in [7, 11) is 1.42. The van der Waals surface area contributed by atoms with E-state index in [0.29, 0.717) is 23.9 Å². The summed E-state index contributed by atoms with van der Waals surface area (Å²) < 4.78 is 20.6. The van der Waals surface area contributed by atoms with Gasteiger partial charge in [0.1, 0.15) is 5.75 Å². The number of ether oxygens (including phenoxy) is 4. The maximum atomic E-state index is 12.1. The van der Waals surface area contributed by atoms with Crippen molar-refractivity contribution in [2.45, 2.75) is 6.92 Å². The van der Waals surface area contributed by atoms with E-state index in [2.05, 4.69) is 5.32 Å². The van der Waals surface area contributed by atoms with Crippen molar-refractivity contribution in [2.24, 2.45) is 0 Å². The normalized spacial score (nSPS) is 9.93. The van der Waals surface area contributed by atoms with Gasteiger partial charge in [0.15, 0.2) is 24.7 Å². The summed E-state index contributed by atoms with van der Waals surface area (Å²) in [5, 5.41) is 2.13. The molecule has 0 fully saturated rings. The van der Waals surface area contributed by atoms with Crippen molar-refractivity contribution in [3.63, 3.8) is 0 Å². The smallest absolute Gasteiger partial charge is 0.344 e. The molecule has 0 unspecified atom stereocenters. The van der Waals surface area contributed by atoms with Gasteiger partial charge < -0.3 is 18.9 Å². The number of carbonyl (C=O) groups excluding carboxylic acids is 3. The number of hydrogen-bond acceptors (Lipinski definition) is 7. The quantitative estimate of drug-likeness (QED) is 0.657. The lowest BCUT2D eigenvalue weighted by atomic mass is 10.2. The molecule has 0 aliphatic rings. The molecule has 2 aromatic rings. The molecule has 0 bridgehead atoms. The predicted molar refractivity (Wildman–Crippen MR) is 99.5 cm³/mol. The minimum Gasteiger partial charge on any atom is -0.496 e. The van der Waals surface area contributed by atoms with Gasteiger partial charge in [-0.15, -0.1) is 0 Å². The third-order valence-corrected chi connectivity index (χ3v) is 3.46. The van der Waals surface area contributed by atoms with E-state index in [9.17, 15) is 14.4 Å². The number of benzene rings is 2. The first-order valence-electron chi connectivity index (χ1n) is 8.52. The van der Waals surface area contributed by atoms with Gasteiger partial charge in [0.2, 0.25) is 0 Å². The minimum absolute atomic E-state index is 0.195. The molecule has 0 saturated carbocycles. The molecule has 2 aromatic carbocycles. The molecule has 0 aromatic heterocycles. The van der Waals surface area contributed by atoms with Crippen LogP contribution in [0.25, 0.3) is 0 Å². The van der Waals surface area contributed by atoms with Crippen molar-refractivity contribution in [3.8, 4) is 17.2 Å². The van der Waals surface area contributed by atoms with E-state index in [1.165, 1.54) is 13.2 Å². The fraction of sp³-hybridized carbons (Fsp3) is 0.250. The SMILES string of the molecule is CCOc1ccccc1OCC(=O)OCC(=O)NC(=O)c1ccccc1OC. The van der Waals surface area contributed by atoms with Crippen molar-refractivity contribution in [3.05, 3.63) is 54.1 Å². The number of amides is 2. The molecule has 148 valence electrons. The Hall–Kier alpha value is -3.55. The van der Waals surface area contributed by atoms with Crippen LogP contribution in [0.1, 0.15) is 17.3 Å². The number of imide groups is 1. The highest BCUT2D eigenvalue weighted by Gasteiger charge is 2.16. The van der Waals surface area contributed by atoms with Gasteiger partial charge in [0.05, 0.1) is 19.3 Å². The van der Waals surface area contributed by atoms with Crippen LogP contribution in [0.4, 0.5) is 0 Å². The lowest BCUT2D eigenvalue weighted by Crippen LogP contribution is -2.34. The van der Waals surface area contributed by atoms with Crippen molar-refractivity contribution in [2.75, 3.05) is 26.9 Å². The van der Waals surface area contributed by atoms with Crippen LogP contribution in [0.5, 0.6) is 17.2 Å². The van der Waals surface area contributed by atoms with Crippen LogP contribution in [-0.4, -0.2) is 44.7 Å². The fourth-order valence-corrected chi connectivity index (χ4v) is 2.23. The maximum absolute atomic E-state index is 12.1. The summed E-state index contributed by atoms with van der Waals surface area (Å²) in [5.41, 5.74) is 0.195. The van der Waals surface area contributed by atoms with E-state index < -0.39 is 31.0 Å². The van der Waals surface area contributed by atoms with Crippen LogP contribution in [0, 0.1) is 0 Å². The molecule has 8 nitrogen and oxygen atoms in total. The first-order chi connectivity index (χ1) is 13.5. The topological polar surface area (TPSA) is 100 Å². The van der Waals surface area contributed by atoms with Crippen LogP contribution in [0.3, 0.4) is 0 Å². The average Bonchev–Trinajstić information content (AvgIpc) is 2.71. The van der Waals surface area contributed by atoms with E-state index in [0.717, 1.165) is 0 Å². The van der Waals surface area contributed by atoms with Gasteiger partial charge in [-0.3, -0.25) is 14.9 Å². The van der Waals surface area contributed by atoms with Gasteiger partial charge in [-0.1, -0.05) is 24.3 Å². The first kappa shape index (κ1) is 20.8. The Labute approximate surface area is 162 Å². The molecule has 2 amide bonds. The number of carbonyl (C=O) groups is 3. The summed E-state index contributed by atoms with van der Waals surface area (Å²) in [6.07, 6.45) is 0. The van der Waals surface area contributed by atoms with Gasteiger partial charge in [0, 0.05) is 0 Å². The zero-order valence-electron chi connectivity index (χ0n) is 15.6. The largest absolute Gasteiger partial charge is 0.496 e. The van der Waals surface area contributed by atoms with E-state index in [1.807, 2.05) is 6.92 Å². The monoisotopic (exact) mass is 387 g/mol. The Kier molecular flexibility index (Phi) is 7.83. The number of nitrogens with one attached hydrogen (secondary N) is 1. The molecule has 0 heterocycles. The zero-order chi connectivity index (χ0) is 20.4. The van der Waals surface area contributed by atoms with Gasteiger partial charge in [0.25, 0.3) is 11.8 Å². The van der Waals surface area contributed by atoms with Gasteiger partial charge in [-0.05, 0) is 31.2 Å². The Morgan fingerprint density at radius 1 is 0.857 bits per heavy atom. The summed E-state index contributed by atoms with van der Waals surface area (Å²) in [6.45, 7) is 1.26. The predicted octanol–water partition coefficient (Wildman–Crippen LogP) is 1.97. The first-order valence-corrected chi connectivity index (χ1v) is 8.52. The third kappa shape index (κ3) is 6.01. The molecule has 0 aliphatic heterocycles. The van der Waals surface area contributed by atoms with Crippen LogP contribution in [-0.2, 0) is 14.3 Å². The Bertz CT molecular complexity index is 835. The molecular weight excluding hydrogens is 366 g/mol. The molecule has 2 rings (SSSR count). The second-order valence-electron chi connectivity index (χ2n) is 5.41. The number of esters is 1. The van der Waals surface area contributed by atoms with Crippen molar-refractivity contribution in [1.82, 2.24) is 5.32 Å². The standard InChI is InChI=1S/C20H21NO7/c1-3-26-16-10-6-7-11-17(16)27-13-19(23)28-12-18(22)21-20(24)14-8-4-5-9-15(14)25-2/h4-11H,3,12-13H2,1-2H3,(H,21,22,24). The fourth-order valence-electron chi connectivity index (χ4n) is 2.23. The third-order valence-electron chi connectivity index (χ3n) is 3.46. The lowest BCUT2D eigenvalue weighted by molar-refractivity contribution is -0.150. The molecule has 0 radical (unpaired) electrons. The van der Waals surface area contributed by atoms with Crippen molar-refractivity contribution in [1.29, 1.82) is 0 Å². The van der Waals surface area contributed by atoms with Crippen LogP contribution in [0.2, 0.25) is 0 Å². The Balaban J connectivity index is 1.79. The number of methoxy groups -OCH3 is 1. The molecule has 0 atom stereocenters. The van der Waals surface area contributed by atoms with Crippen LogP contribution >= 0.6 is 0 Å². The van der Waals surface area contributed by atoms with Crippen molar-refractivity contribution >= 4 is 17.8 Å². The van der Waals surface area contributed by atoms with E-state index in [-0.39, 0.29) is 5.56 Å². The number of para-hydroxylation sites is 3. The van der Waals surface area contributed by atoms with E-state index in [1.54, 1.807) is 42.5 Å². The minimum atomic E-state index is -0.765. The molecule has 0 saturated heterocycles. The molecule has 1 N–H and O–H groups in total. The molecular formula is C20H21NO7. The van der Waals surface area contributed by atoms with Crippen molar-refractivity contribution < 1.29 is 33.3 Å². The van der Waals surface area contributed by atoms with Gasteiger partial charge in [-0.25, -0.2) is 4.79 Å². The summed E-state index contributed by atoms with van der Waals surface area (Å²) in [6, 6.07) is 13.3. The zero-order valence-corrected chi connectivity index (χ0v) is 15.6. The average molecular weight is 387 g/mol. The summed E-state index contributed by atoms with van der Waals surface area (Å²) in [4.78, 5) is 35.7. The summed E-state index contributed by atoms with van der Waals surface area (Å²) >= 11 is 0. The second-order valence-corrected chi connectivity index (χ2v) is 5.41. The molecule has 0 spiro atoms. The lowest BCUT2D eigenvalue weighted by Gasteiger charge is -2.11. The van der Waals surface area contributed by atoms with Crippen LogP contribution < -0.4 is 19.5 Å². The highest BCUT2D eigenvalue weighted by atomic mass is 16.6. The van der Waals surface area contributed by atoms with E-state index >= 15 is 0 Å². The molecule has 0 aliphatic carbocycles. The number of hydrogen-bond donors (Lipinski definition) is 1. The highest BCUT2D eigenvalue weighted by molar-refractivity contribution is 6.06. The van der Waals surface area contributed by atoms with E-state index in [4.69, 9.17) is 18.9 Å². The van der Waals surface area contributed by atoms with Crippen LogP contribution in [0.15, 0.2) is 48.5 Å². The Morgan fingerprint density at radius 3 is 2.11 bits per heavy atom. The maximum Gasteiger partial charge on any atom is 0.344 e. The van der Waals surface area contributed by atoms with Gasteiger partial charge >= 0.3 is 5.97 Å². The number of rotatable bonds is 9. The highest BCUT2D eigenvalue weighted by Crippen LogP contribution is 2.26. The Morgan fingerprint density at radius 2 is 1.46 bits per heavy atom. The second kappa shape index (κ2) is 10.6. The molecule has 8 heteroatoms. The molecule has 28 heavy (non-hydrogen) atoms. The summed E-state index contributed by atoms with van der Waals surface area (Å²) in [5.74, 6) is -0.966. The van der Waals surface area contributed by atoms with Gasteiger partial charge in [-0.2, -0.15) is 0 Å².